The smallest absolute Gasteiger partial charge is 0.339 e. The fourth-order valence-corrected chi connectivity index (χ4v) is 3.06. The number of cyclic esters (lactones) is 1. The molecule has 2 aromatic rings. The first-order valence-electron chi connectivity index (χ1n) is 7.08. The van der Waals surface area contributed by atoms with Gasteiger partial charge in [0.25, 0.3) is 0 Å². The minimum atomic E-state index is -3.35. The molecular formula is C17H14FNO4S. The van der Waals surface area contributed by atoms with E-state index in [-0.39, 0.29) is 12.4 Å². The fraction of sp³-hybridized carbons (Fsp3) is 0.118. The molecule has 124 valence electrons. The maximum absolute atomic E-state index is 13.1. The van der Waals surface area contributed by atoms with Crippen molar-refractivity contribution in [2.75, 3.05) is 17.6 Å². The Morgan fingerprint density at radius 2 is 1.58 bits per heavy atom. The first kappa shape index (κ1) is 16.2. The number of esters is 1. The molecule has 0 spiro atoms. The zero-order valence-electron chi connectivity index (χ0n) is 12.7. The first-order valence-corrected chi connectivity index (χ1v) is 8.97. The summed E-state index contributed by atoms with van der Waals surface area (Å²) < 4.78 is 43.0. The molecule has 0 saturated carbocycles. The number of nitrogens with one attached hydrogen (secondary N) is 1. The molecule has 0 radical (unpaired) electrons. The van der Waals surface area contributed by atoms with Crippen LogP contribution in [0.25, 0.3) is 11.1 Å². The zero-order chi connectivity index (χ0) is 17.3. The highest BCUT2D eigenvalue weighted by molar-refractivity contribution is 7.92. The van der Waals surface area contributed by atoms with Gasteiger partial charge in [0.15, 0.2) is 0 Å². The average molecular weight is 347 g/mol. The highest BCUT2D eigenvalue weighted by Gasteiger charge is 2.27. The van der Waals surface area contributed by atoms with Crippen LogP contribution in [0.4, 0.5) is 10.1 Å². The number of ether oxygens (including phenoxy) is 1. The van der Waals surface area contributed by atoms with Gasteiger partial charge >= 0.3 is 5.97 Å². The number of carbonyl (C=O) groups is 1. The van der Waals surface area contributed by atoms with Gasteiger partial charge in [0.05, 0.1) is 11.8 Å². The lowest BCUT2D eigenvalue weighted by Gasteiger charge is -2.07. The number of benzene rings is 2. The molecule has 0 bridgehead atoms. The van der Waals surface area contributed by atoms with Gasteiger partial charge in [-0.15, -0.1) is 0 Å². The van der Waals surface area contributed by atoms with E-state index in [0.29, 0.717) is 22.4 Å². The van der Waals surface area contributed by atoms with Crippen LogP contribution in [0, 0.1) is 5.82 Å². The van der Waals surface area contributed by atoms with Gasteiger partial charge in [-0.25, -0.2) is 17.6 Å². The summed E-state index contributed by atoms with van der Waals surface area (Å²) in [6.45, 7) is 0.115. The van der Waals surface area contributed by atoms with Crippen molar-refractivity contribution < 1.29 is 22.3 Å². The zero-order valence-corrected chi connectivity index (χ0v) is 13.6. The summed E-state index contributed by atoms with van der Waals surface area (Å²) in [5, 5.41) is 0. The van der Waals surface area contributed by atoms with Crippen LogP contribution in [0.15, 0.2) is 48.5 Å². The van der Waals surface area contributed by atoms with E-state index in [2.05, 4.69) is 4.72 Å². The average Bonchev–Trinajstić information content (AvgIpc) is 2.89. The molecule has 1 aliphatic rings. The molecule has 0 aliphatic carbocycles. The van der Waals surface area contributed by atoms with Gasteiger partial charge in [-0.2, -0.15) is 0 Å². The summed E-state index contributed by atoms with van der Waals surface area (Å²) in [6.07, 6.45) is 1.07. The minimum absolute atomic E-state index is 0.115. The van der Waals surface area contributed by atoms with Crippen LogP contribution in [0.5, 0.6) is 0 Å². The topological polar surface area (TPSA) is 72.5 Å². The van der Waals surface area contributed by atoms with Gasteiger partial charge in [0.1, 0.15) is 12.4 Å². The molecule has 0 fully saturated rings. The van der Waals surface area contributed by atoms with E-state index in [9.17, 15) is 17.6 Å². The Kier molecular flexibility index (Phi) is 4.11. The lowest BCUT2D eigenvalue weighted by atomic mass is 9.96. The first-order chi connectivity index (χ1) is 11.3. The largest absolute Gasteiger partial charge is 0.457 e. The molecule has 1 heterocycles. The quantitative estimate of drug-likeness (QED) is 0.863. The Hall–Kier alpha value is -2.67. The fourth-order valence-electron chi connectivity index (χ4n) is 2.50. The Bertz CT molecular complexity index is 916. The summed E-state index contributed by atoms with van der Waals surface area (Å²) in [6, 6.07) is 12.2. The van der Waals surface area contributed by atoms with Crippen LogP contribution in [-0.2, 0) is 19.6 Å². The Morgan fingerprint density at radius 3 is 2.17 bits per heavy atom. The van der Waals surface area contributed by atoms with Gasteiger partial charge in [0, 0.05) is 11.3 Å². The van der Waals surface area contributed by atoms with Crippen LogP contribution in [0.2, 0.25) is 0 Å². The van der Waals surface area contributed by atoms with Crippen molar-refractivity contribution in [3.8, 4) is 0 Å². The van der Waals surface area contributed by atoms with E-state index in [1.807, 2.05) is 0 Å². The molecule has 24 heavy (non-hydrogen) atoms. The predicted molar refractivity (Wildman–Crippen MR) is 89.1 cm³/mol. The molecule has 0 atom stereocenters. The van der Waals surface area contributed by atoms with Crippen LogP contribution < -0.4 is 4.72 Å². The lowest BCUT2D eigenvalue weighted by Crippen LogP contribution is -2.09. The second-order valence-corrected chi connectivity index (χ2v) is 7.14. The van der Waals surface area contributed by atoms with Crippen LogP contribution in [0.1, 0.15) is 11.1 Å². The van der Waals surface area contributed by atoms with Crippen LogP contribution in [0.3, 0.4) is 0 Å². The number of anilines is 1. The van der Waals surface area contributed by atoms with Gasteiger partial charge in [-0.1, -0.05) is 24.3 Å². The summed E-state index contributed by atoms with van der Waals surface area (Å²) in [4.78, 5) is 12.0. The van der Waals surface area contributed by atoms with E-state index in [1.165, 1.54) is 24.3 Å². The van der Waals surface area contributed by atoms with Crippen molar-refractivity contribution >= 4 is 32.8 Å². The number of hydrogen-bond donors (Lipinski definition) is 1. The predicted octanol–water partition coefficient (Wildman–Crippen LogP) is 2.66. The van der Waals surface area contributed by atoms with Crippen molar-refractivity contribution in [2.24, 2.45) is 0 Å². The van der Waals surface area contributed by atoms with Gasteiger partial charge in [-0.05, 0) is 35.4 Å². The van der Waals surface area contributed by atoms with Crippen molar-refractivity contribution in [1.29, 1.82) is 0 Å². The molecule has 0 saturated heterocycles. The standard InChI is InChI=1S/C17H14FNO4S/c1-24(21,22)19-14-8-4-11(5-9-14)15-10-23-17(20)16(15)12-2-6-13(18)7-3-12/h2-9,19H,10H2,1H3. The Labute approximate surface area is 138 Å². The van der Waals surface area contributed by atoms with E-state index < -0.39 is 16.0 Å². The highest BCUT2D eigenvalue weighted by atomic mass is 32.2. The molecule has 0 aromatic heterocycles. The Morgan fingerprint density at radius 1 is 1.00 bits per heavy atom. The van der Waals surface area contributed by atoms with Gasteiger partial charge in [-0.3, -0.25) is 4.72 Å². The second kappa shape index (κ2) is 6.09. The third-order valence-corrected chi connectivity index (χ3v) is 4.13. The molecule has 7 heteroatoms. The summed E-state index contributed by atoms with van der Waals surface area (Å²) >= 11 is 0. The van der Waals surface area contributed by atoms with Crippen molar-refractivity contribution in [1.82, 2.24) is 0 Å². The second-order valence-electron chi connectivity index (χ2n) is 5.39. The Balaban J connectivity index is 1.99. The third kappa shape index (κ3) is 3.46. The van der Waals surface area contributed by atoms with E-state index in [4.69, 9.17) is 4.74 Å². The molecule has 0 amide bonds. The molecular weight excluding hydrogens is 333 g/mol. The van der Waals surface area contributed by atoms with Crippen LogP contribution in [-0.4, -0.2) is 27.2 Å². The maximum Gasteiger partial charge on any atom is 0.339 e. The summed E-state index contributed by atoms with van der Waals surface area (Å²) in [5.74, 6) is -0.849. The molecule has 5 nitrogen and oxygen atoms in total. The normalized spacial score (nSPS) is 14.7. The number of rotatable bonds is 4. The van der Waals surface area contributed by atoms with Crippen molar-refractivity contribution in [3.63, 3.8) is 0 Å². The minimum Gasteiger partial charge on any atom is -0.457 e. The highest BCUT2D eigenvalue weighted by Crippen LogP contribution is 2.33. The number of halogens is 1. The number of hydrogen-bond acceptors (Lipinski definition) is 4. The van der Waals surface area contributed by atoms with Crippen molar-refractivity contribution in [2.45, 2.75) is 0 Å². The van der Waals surface area contributed by atoms with Gasteiger partial charge < -0.3 is 4.74 Å². The monoisotopic (exact) mass is 347 g/mol. The van der Waals surface area contributed by atoms with E-state index in [0.717, 1.165) is 11.8 Å². The number of sulfonamides is 1. The maximum atomic E-state index is 13.1. The molecule has 1 aliphatic heterocycles. The molecule has 1 N–H and O–H groups in total. The van der Waals surface area contributed by atoms with E-state index >= 15 is 0 Å². The summed E-state index contributed by atoms with van der Waals surface area (Å²) in [7, 11) is -3.35. The molecule has 3 rings (SSSR count). The van der Waals surface area contributed by atoms with Crippen molar-refractivity contribution in [3.05, 3.63) is 65.5 Å². The summed E-state index contributed by atoms with van der Waals surface area (Å²) in [5.41, 5.74) is 2.80. The van der Waals surface area contributed by atoms with Crippen LogP contribution >= 0.6 is 0 Å². The lowest BCUT2D eigenvalue weighted by molar-refractivity contribution is -0.133. The van der Waals surface area contributed by atoms with E-state index in [1.54, 1.807) is 24.3 Å². The number of carbonyl (C=O) groups excluding carboxylic acids is 1. The van der Waals surface area contributed by atoms with Gasteiger partial charge in [0.2, 0.25) is 10.0 Å². The molecule has 2 aromatic carbocycles. The SMILES string of the molecule is CS(=O)(=O)Nc1ccc(C2=C(c3ccc(F)cc3)C(=O)OC2)cc1. The third-order valence-electron chi connectivity index (χ3n) is 3.52. The molecule has 0 unspecified atom stereocenters.